The largest absolute Gasteiger partial charge is 0.444 e. The topological polar surface area (TPSA) is 58.6 Å². The highest BCUT2D eigenvalue weighted by molar-refractivity contribution is 7.08. The molecule has 0 aliphatic carbocycles. The Kier molecular flexibility index (Phi) is 4.88. The zero-order chi connectivity index (χ0) is 15.5. The van der Waals surface area contributed by atoms with Gasteiger partial charge in [-0.25, -0.2) is 4.79 Å². The quantitative estimate of drug-likeness (QED) is 0.934. The lowest BCUT2D eigenvalue weighted by atomic mass is 10.2. The van der Waals surface area contributed by atoms with E-state index in [0.29, 0.717) is 18.7 Å². The van der Waals surface area contributed by atoms with Crippen LogP contribution in [0.2, 0.25) is 0 Å². The lowest BCUT2D eigenvalue weighted by molar-refractivity contribution is 0.0225. The first-order chi connectivity index (χ1) is 9.87. The van der Waals surface area contributed by atoms with Crippen molar-refractivity contribution in [2.45, 2.75) is 45.3 Å². The SMILES string of the molecule is CC(C)(C)OC(=O)N1CCC[C@@H]1CNC(=O)c1ccsc1. The van der Waals surface area contributed by atoms with Gasteiger partial charge in [0.25, 0.3) is 5.91 Å². The molecule has 1 aliphatic rings. The van der Waals surface area contributed by atoms with Crippen LogP contribution in [0.1, 0.15) is 44.0 Å². The second-order valence-electron chi connectivity index (χ2n) is 6.19. The molecule has 2 heterocycles. The van der Waals surface area contributed by atoms with Crippen LogP contribution < -0.4 is 5.32 Å². The number of ether oxygens (including phenoxy) is 1. The molecule has 1 saturated heterocycles. The van der Waals surface area contributed by atoms with E-state index < -0.39 is 5.60 Å². The summed E-state index contributed by atoms with van der Waals surface area (Å²) in [6.45, 7) is 6.72. The molecule has 0 saturated carbocycles. The summed E-state index contributed by atoms with van der Waals surface area (Å²) in [7, 11) is 0. The Morgan fingerprint density at radius 3 is 2.86 bits per heavy atom. The van der Waals surface area contributed by atoms with Crippen LogP contribution in [0.15, 0.2) is 16.8 Å². The molecule has 1 aliphatic heterocycles. The normalized spacial score (nSPS) is 18.6. The smallest absolute Gasteiger partial charge is 0.410 e. The number of amides is 2. The van der Waals surface area contributed by atoms with Crippen molar-refractivity contribution >= 4 is 23.3 Å². The zero-order valence-corrected chi connectivity index (χ0v) is 13.5. The van der Waals surface area contributed by atoms with Crippen LogP contribution in [0.5, 0.6) is 0 Å². The van der Waals surface area contributed by atoms with E-state index in [9.17, 15) is 9.59 Å². The second kappa shape index (κ2) is 6.47. The van der Waals surface area contributed by atoms with Gasteiger partial charge in [-0.3, -0.25) is 4.79 Å². The maximum Gasteiger partial charge on any atom is 0.410 e. The first-order valence-electron chi connectivity index (χ1n) is 7.17. The van der Waals surface area contributed by atoms with E-state index in [1.165, 1.54) is 11.3 Å². The van der Waals surface area contributed by atoms with Gasteiger partial charge in [-0.05, 0) is 45.1 Å². The van der Waals surface area contributed by atoms with E-state index in [-0.39, 0.29) is 18.0 Å². The molecule has 0 aromatic carbocycles. The maximum atomic E-state index is 12.1. The summed E-state index contributed by atoms with van der Waals surface area (Å²) in [6.07, 6.45) is 1.54. The lowest BCUT2D eigenvalue weighted by Gasteiger charge is -2.28. The Labute approximate surface area is 129 Å². The first kappa shape index (κ1) is 15.8. The highest BCUT2D eigenvalue weighted by Gasteiger charge is 2.32. The van der Waals surface area contributed by atoms with Gasteiger partial charge in [0.2, 0.25) is 0 Å². The van der Waals surface area contributed by atoms with E-state index in [2.05, 4.69) is 5.32 Å². The van der Waals surface area contributed by atoms with E-state index in [1.807, 2.05) is 31.5 Å². The standard InChI is InChI=1S/C15H22N2O3S/c1-15(2,3)20-14(19)17-7-4-5-12(17)9-16-13(18)11-6-8-21-10-11/h6,8,10,12H,4-5,7,9H2,1-3H3,(H,16,18)/t12-/m1/s1. The molecule has 2 amide bonds. The summed E-state index contributed by atoms with van der Waals surface area (Å²) < 4.78 is 5.41. The van der Waals surface area contributed by atoms with Crippen molar-refractivity contribution in [2.75, 3.05) is 13.1 Å². The fraction of sp³-hybridized carbons (Fsp3) is 0.600. The highest BCUT2D eigenvalue weighted by atomic mass is 32.1. The number of likely N-dealkylation sites (tertiary alicyclic amines) is 1. The molecule has 1 fully saturated rings. The number of rotatable bonds is 3. The third-order valence-corrected chi connectivity index (χ3v) is 3.97. The number of hydrogen-bond acceptors (Lipinski definition) is 4. The molecule has 5 nitrogen and oxygen atoms in total. The summed E-state index contributed by atoms with van der Waals surface area (Å²) in [5.41, 5.74) is 0.172. The Balaban J connectivity index is 1.87. The molecule has 1 aromatic rings. The van der Waals surface area contributed by atoms with Gasteiger partial charge in [0, 0.05) is 24.0 Å². The molecular formula is C15H22N2O3S. The summed E-state index contributed by atoms with van der Waals surface area (Å²) in [5, 5.41) is 6.58. The molecule has 21 heavy (non-hydrogen) atoms. The van der Waals surface area contributed by atoms with Crippen LogP contribution in [0.3, 0.4) is 0 Å². The third kappa shape index (κ3) is 4.46. The predicted molar refractivity (Wildman–Crippen MR) is 82.6 cm³/mol. The van der Waals surface area contributed by atoms with Crippen LogP contribution in [0.4, 0.5) is 4.79 Å². The highest BCUT2D eigenvalue weighted by Crippen LogP contribution is 2.20. The van der Waals surface area contributed by atoms with Gasteiger partial charge in [-0.1, -0.05) is 0 Å². The molecule has 1 atom stereocenters. The molecule has 0 spiro atoms. The molecule has 1 aromatic heterocycles. The van der Waals surface area contributed by atoms with E-state index in [1.54, 1.807) is 11.0 Å². The average molecular weight is 310 g/mol. The van der Waals surface area contributed by atoms with E-state index >= 15 is 0 Å². The van der Waals surface area contributed by atoms with Crippen LogP contribution in [0, 0.1) is 0 Å². The molecule has 0 bridgehead atoms. The number of carbonyl (C=O) groups is 2. The van der Waals surface area contributed by atoms with Crippen LogP contribution in [-0.4, -0.2) is 41.6 Å². The Morgan fingerprint density at radius 2 is 2.24 bits per heavy atom. The predicted octanol–water partition coefficient (Wildman–Crippen LogP) is 2.88. The minimum Gasteiger partial charge on any atom is -0.444 e. The number of nitrogens with one attached hydrogen (secondary N) is 1. The first-order valence-corrected chi connectivity index (χ1v) is 8.11. The minimum absolute atomic E-state index is 0.0161. The molecule has 116 valence electrons. The molecule has 1 N–H and O–H groups in total. The van der Waals surface area contributed by atoms with Gasteiger partial charge in [-0.2, -0.15) is 11.3 Å². The minimum atomic E-state index is -0.496. The molecule has 0 unspecified atom stereocenters. The van der Waals surface area contributed by atoms with Crippen molar-refractivity contribution < 1.29 is 14.3 Å². The van der Waals surface area contributed by atoms with Gasteiger partial charge < -0.3 is 15.0 Å². The summed E-state index contributed by atoms with van der Waals surface area (Å²) in [4.78, 5) is 25.8. The number of carbonyl (C=O) groups excluding carboxylic acids is 2. The Hall–Kier alpha value is -1.56. The third-order valence-electron chi connectivity index (χ3n) is 3.29. The number of hydrogen-bond donors (Lipinski definition) is 1. The Morgan fingerprint density at radius 1 is 1.48 bits per heavy atom. The van der Waals surface area contributed by atoms with Crippen LogP contribution >= 0.6 is 11.3 Å². The van der Waals surface area contributed by atoms with Gasteiger partial charge >= 0.3 is 6.09 Å². The molecule has 6 heteroatoms. The van der Waals surface area contributed by atoms with Crippen LogP contribution in [0.25, 0.3) is 0 Å². The monoisotopic (exact) mass is 310 g/mol. The van der Waals surface area contributed by atoms with Crippen molar-refractivity contribution in [1.82, 2.24) is 10.2 Å². The fourth-order valence-corrected chi connectivity index (χ4v) is 2.95. The van der Waals surface area contributed by atoms with Crippen molar-refractivity contribution in [3.63, 3.8) is 0 Å². The van der Waals surface area contributed by atoms with Gasteiger partial charge in [-0.15, -0.1) is 0 Å². The van der Waals surface area contributed by atoms with Gasteiger partial charge in [0.1, 0.15) is 5.60 Å². The van der Waals surface area contributed by atoms with Crippen molar-refractivity contribution in [1.29, 1.82) is 0 Å². The fourth-order valence-electron chi connectivity index (χ4n) is 2.32. The van der Waals surface area contributed by atoms with Gasteiger partial charge in [0.05, 0.1) is 6.04 Å². The summed E-state index contributed by atoms with van der Waals surface area (Å²) in [5.74, 6) is -0.0905. The zero-order valence-electron chi connectivity index (χ0n) is 12.7. The lowest BCUT2D eigenvalue weighted by Crippen LogP contribution is -2.45. The maximum absolute atomic E-state index is 12.1. The van der Waals surface area contributed by atoms with Crippen molar-refractivity contribution in [3.8, 4) is 0 Å². The van der Waals surface area contributed by atoms with Crippen molar-refractivity contribution in [2.24, 2.45) is 0 Å². The van der Waals surface area contributed by atoms with Crippen LogP contribution in [-0.2, 0) is 4.74 Å². The van der Waals surface area contributed by atoms with E-state index in [0.717, 1.165) is 12.8 Å². The average Bonchev–Trinajstić information content (AvgIpc) is 3.04. The summed E-state index contributed by atoms with van der Waals surface area (Å²) >= 11 is 1.49. The van der Waals surface area contributed by atoms with Gasteiger partial charge in [0.15, 0.2) is 0 Å². The molecule has 2 rings (SSSR count). The number of nitrogens with zero attached hydrogens (tertiary/aromatic N) is 1. The Bertz CT molecular complexity index is 494. The van der Waals surface area contributed by atoms with E-state index in [4.69, 9.17) is 4.74 Å². The summed E-state index contributed by atoms with van der Waals surface area (Å²) in [6, 6.07) is 1.81. The van der Waals surface area contributed by atoms with Crippen molar-refractivity contribution in [3.05, 3.63) is 22.4 Å². The molecule has 0 radical (unpaired) electrons. The molecular weight excluding hydrogens is 288 g/mol. The number of thiophene rings is 1. The second-order valence-corrected chi connectivity index (χ2v) is 6.97.